The quantitative estimate of drug-likeness (QED) is 0.866. The Bertz CT molecular complexity index is 362. The molecule has 1 aromatic rings. The average Bonchev–Trinajstić information content (AvgIpc) is 2.83. The summed E-state index contributed by atoms with van der Waals surface area (Å²) < 4.78 is 5.83. The molecule has 1 N–H and O–H groups in total. The number of hydrogen-bond donors (Lipinski definition) is 1. The van der Waals surface area contributed by atoms with Gasteiger partial charge >= 0.3 is 0 Å². The molecule has 68 valence electrons. The monoisotopic (exact) mass is 241 g/mol. The first-order valence-corrected chi connectivity index (χ1v) is 4.81. The van der Waals surface area contributed by atoms with Gasteiger partial charge in [0.15, 0.2) is 0 Å². The Morgan fingerprint density at radius 2 is 2.38 bits per heavy atom. The zero-order valence-corrected chi connectivity index (χ0v) is 8.41. The highest BCUT2D eigenvalue weighted by Gasteiger charge is 2.52. The summed E-state index contributed by atoms with van der Waals surface area (Å²) in [7, 11) is 0. The SMILES string of the molecule is N#CC1(C(O)c2occc2Br)CC1. The van der Waals surface area contributed by atoms with Crippen molar-refractivity contribution in [3.8, 4) is 6.07 Å². The molecule has 2 rings (SSSR count). The van der Waals surface area contributed by atoms with E-state index in [-0.39, 0.29) is 0 Å². The van der Waals surface area contributed by atoms with Gasteiger partial charge in [0, 0.05) is 0 Å². The second-order valence-electron chi connectivity index (χ2n) is 3.30. The molecule has 1 fully saturated rings. The van der Waals surface area contributed by atoms with E-state index in [2.05, 4.69) is 22.0 Å². The Kier molecular flexibility index (Phi) is 1.94. The number of nitriles is 1. The number of rotatable bonds is 2. The third-order valence-electron chi connectivity index (χ3n) is 2.43. The predicted molar refractivity (Wildman–Crippen MR) is 48.6 cm³/mol. The van der Waals surface area contributed by atoms with Gasteiger partial charge in [0.1, 0.15) is 11.9 Å². The molecule has 0 amide bonds. The first-order valence-electron chi connectivity index (χ1n) is 4.02. The minimum atomic E-state index is -0.804. The molecular formula is C9H8BrNO2. The highest BCUT2D eigenvalue weighted by Crippen LogP contribution is 2.55. The fraction of sp³-hybridized carbons (Fsp3) is 0.444. The van der Waals surface area contributed by atoms with Crippen LogP contribution in [0.3, 0.4) is 0 Å². The summed E-state index contributed by atoms with van der Waals surface area (Å²) in [5.74, 6) is 0.457. The van der Waals surface area contributed by atoms with E-state index in [0.717, 1.165) is 17.3 Å². The van der Waals surface area contributed by atoms with Gasteiger partial charge in [-0.2, -0.15) is 5.26 Å². The van der Waals surface area contributed by atoms with Gasteiger partial charge in [0.2, 0.25) is 0 Å². The molecular weight excluding hydrogens is 234 g/mol. The van der Waals surface area contributed by atoms with Crippen LogP contribution in [0, 0.1) is 16.7 Å². The molecule has 0 saturated heterocycles. The number of nitrogens with zero attached hydrogens (tertiary/aromatic N) is 1. The van der Waals surface area contributed by atoms with Gasteiger partial charge in [-0.15, -0.1) is 0 Å². The molecule has 13 heavy (non-hydrogen) atoms. The Morgan fingerprint density at radius 3 is 2.77 bits per heavy atom. The molecule has 1 heterocycles. The van der Waals surface area contributed by atoms with Crippen LogP contribution in [0.1, 0.15) is 24.7 Å². The minimum absolute atomic E-state index is 0.457. The molecule has 0 radical (unpaired) electrons. The third-order valence-corrected chi connectivity index (χ3v) is 3.08. The van der Waals surface area contributed by atoms with Gasteiger partial charge in [0.25, 0.3) is 0 Å². The summed E-state index contributed by atoms with van der Waals surface area (Å²) in [6.07, 6.45) is 2.19. The van der Waals surface area contributed by atoms with Gasteiger partial charge in [-0.05, 0) is 34.8 Å². The van der Waals surface area contributed by atoms with Crippen molar-refractivity contribution >= 4 is 15.9 Å². The molecule has 1 saturated carbocycles. The second-order valence-corrected chi connectivity index (χ2v) is 4.16. The van der Waals surface area contributed by atoms with Crippen LogP contribution in [0.25, 0.3) is 0 Å². The molecule has 1 atom stereocenters. The predicted octanol–water partition coefficient (Wildman–Crippen LogP) is 2.38. The third kappa shape index (κ3) is 1.28. The maximum atomic E-state index is 9.83. The largest absolute Gasteiger partial charge is 0.465 e. The minimum Gasteiger partial charge on any atom is -0.465 e. The molecule has 1 aliphatic carbocycles. The van der Waals surface area contributed by atoms with Crippen molar-refractivity contribution in [2.75, 3.05) is 0 Å². The topological polar surface area (TPSA) is 57.2 Å². The molecule has 4 heteroatoms. The van der Waals surface area contributed by atoms with Gasteiger partial charge in [-0.25, -0.2) is 0 Å². The Hall–Kier alpha value is -0.790. The fourth-order valence-electron chi connectivity index (χ4n) is 1.33. The lowest BCUT2D eigenvalue weighted by molar-refractivity contribution is 0.0976. The van der Waals surface area contributed by atoms with E-state index >= 15 is 0 Å². The molecule has 0 aromatic carbocycles. The average molecular weight is 242 g/mol. The van der Waals surface area contributed by atoms with Crippen LogP contribution in [-0.4, -0.2) is 5.11 Å². The van der Waals surface area contributed by atoms with Crippen LogP contribution in [0.2, 0.25) is 0 Å². The van der Waals surface area contributed by atoms with Crippen molar-refractivity contribution in [3.63, 3.8) is 0 Å². The molecule has 1 aromatic heterocycles. The first kappa shape index (κ1) is 8.79. The Balaban J connectivity index is 2.29. The summed E-state index contributed by atoms with van der Waals surface area (Å²) in [5.41, 5.74) is -0.597. The summed E-state index contributed by atoms with van der Waals surface area (Å²) in [6, 6.07) is 3.85. The highest BCUT2D eigenvalue weighted by atomic mass is 79.9. The Labute approximate surface area is 84.1 Å². The smallest absolute Gasteiger partial charge is 0.148 e. The summed E-state index contributed by atoms with van der Waals surface area (Å²) in [5, 5.41) is 18.7. The van der Waals surface area contributed by atoms with Crippen molar-refractivity contribution in [1.82, 2.24) is 0 Å². The van der Waals surface area contributed by atoms with Crippen molar-refractivity contribution in [3.05, 3.63) is 22.6 Å². The van der Waals surface area contributed by atoms with Crippen LogP contribution in [0.15, 0.2) is 21.2 Å². The van der Waals surface area contributed by atoms with Crippen LogP contribution in [-0.2, 0) is 0 Å². The van der Waals surface area contributed by atoms with E-state index in [1.54, 1.807) is 6.07 Å². The number of halogens is 1. The number of hydrogen-bond acceptors (Lipinski definition) is 3. The molecule has 1 unspecified atom stereocenters. The van der Waals surface area contributed by atoms with Gasteiger partial charge in [-0.3, -0.25) is 0 Å². The highest BCUT2D eigenvalue weighted by molar-refractivity contribution is 9.10. The van der Waals surface area contributed by atoms with Gasteiger partial charge in [0.05, 0.1) is 22.2 Å². The zero-order valence-electron chi connectivity index (χ0n) is 6.83. The summed E-state index contributed by atoms with van der Waals surface area (Å²) in [6.45, 7) is 0. The van der Waals surface area contributed by atoms with Crippen molar-refractivity contribution in [1.29, 1.82) is 5.26 Å². The lowest BCUT2D eigenvalue weighted by atomic mass is 9.99. The first-order chi connectivity index (χ1) is 6.19. The van der Waals surface area contributed by atoms with E-state index in [1.165, 1.54) is 6.26 Å². The fourth-order valence-corrected chi connectivity index (χ4v) is 1.75. The Morgan fingerprint density at radius 1 is 1.69 bits per heavy atom. The molecule has 0 spiro atoms. The lowest BCUT2D eigenvalue weighted by Crippen LogP contribution is -2.10. The van der Waals surface area contributed by atoms with E-state index in [0.29, 0.717) is 5.76 Å². The van der Waals surface area contributed by atoms with E-state index in [1.807, 2.05) is 0 Å². The summed E-state index contributed by atoms with van der Waals surface area (Å²) >= 11 is 3.25. The van der Waals surface area contributed by atoms with Crippen molar-refractivity contribution in [2.24, 2.45) is 5.41 Å². The normalized spacial score (nSPS) is 20.7. The van der Waals surface area contributed by atoms with Gasteiger partial charge in [-0.1, -0.05) is 0 Å². The van der Waals surface area contributed by atoms with E-state index in [4.69, 9.17) is 9.68 Å². The van der Waals surface area contributed by atoms with Crippen LogP contribution in [0.4, 0.5) is 0 Å². The van der Waals surface area contributed by atoms with Crippen LogP contribution >= 0.6 is 15.9 Å². The van der Waals surface area contributed by atoms with Crippen molar-refractivity contribution < 1.29 is 9.52 Å². The number of aliphatic hydroxyl groups excluding tert-OH is 1. The summed E-state index contributed by atoms with van der Waals surface area (Å²) in [4.78, 5) is 0. The molecule has 1 aliphatic rings. The van der Waals surface area contributed by atoms with Crippen molar-refractivity contribution in [2.45, 2.75) is 18.9 Å². The number of furan rings is 1. The van der Waals surface area contributed by atoms with E-state index in [9.17, 15) is 5.11 Å². The van der Waals surface area contributed by atoms with E-state index < -0.39 is 11.5 Å². The van der Waals surface area contributed by atoms with Gasteiger partial charge < -0.3 is 9.52 Å². The van der Waals surface area contributed by atoms with Crippen LogP contribution in [0.5, 0.6) is 0 Å². The maximum absolute atomic E-state index is 9.83. The van der Waals surface area contributed by atoms with Crippen LogP contribution < -0.4 is 0 Å². The zero-order chi connectivity index (χ0) is 9.47. The second kappa shape index (κ2) is 2.86. The number of aliphatic hydroxyl groups is 1. The molecule has 0 bridgehead atoms. The molecule has 0 aliphatic heterocycles. The standard InChI is InChI=1S/C9H8BrNO2/c10-6-1-4-13-7(6)8(12)9(5-11)2-3-9/h1,4,8,12H,2-3H2. The lowest BCUT2D eigenvalue weighted by Gasteiger charge is -2.12. The maximum Gasteiger partial charge on any atom is 0.148 e. The molecule has 3 nitrogen and oxygen atoms in total.